The molecule has 2 rings (SSSR count). The van der Waals surface area contributed by atoms with E-state index in [1.807, 2.05) is 13.0 Å². The number of nitriles is 1. The van der Waals surface area contributed by atoms with Crippen LogP contribution in [-0.2, 0) is 12.8 Å². The van der Waals surface area contributed by atoms with Gasteiger partial charge in [0.05, 0.1) is 12.0 Å². The minimum Gasteiger partial charge on any atom is -0.492 e. The number of ether oxygens (including phenoxy) is 1. The second-order valence-electron chi connectivity index (χ2n) is 4.13. The predicted molar refractivity (Wildman–Crippen MR) is 58.7 cm³/mol. The van der Waals surface area contributed by atoms with Gasteiger partial charge in [0.2, 0.25) is 0 Å². The summed E-state index contributed by atoms with van der Waals surface area (Å²) in [5, 5.41) is 8.64. The maximum absolute atomic E-state index is 8.64. The van der Waals surface area contributed by atoms with Gasteiger partial charge in [0, 0.05) is 0 Å². The lowest BCUT2D eigenvalue weighted by molar-refractivity contribution is 0.288. The molecule has 1 aromatic rings. The van der Waals surface area contributed by atoms with Crippen LogP contribution in [0.2, 0.25) is 0 Å². The molecule has 2 heteroatoms. The SMILES string of the molecule is CC(C#N)COc1ccc2c(c1)CCC2. The van der Waals surface area contributed by atoms with E-state index in [0.717, 1.165) is 5.75 Å². The van der Waals surface area contributed by atoms with Crippen LogP contribution >= 0.6 is 0 Å². The molecule has 0 spiro atoms. The molecule has 0 fully saturated rings. The van der Waals surface area contributed by atoms with Crippen molar-refractivity contribution in [1.82, 2.24) is 0 Å². The molecule has 1 atom stereocenters. The molecule has 0 radical (unpaired) electrons. The number of aryl methyl sites for hydroxylation is 2. The van der Waals surface area contributed by atoms with Gasteiger partial charge >= 0.3 is 0 Å². The second-order valence-corrected chi connectivity index (χ2v) is 4.13. The first-order chi connectivity index (χ1) is 7.29. The Hall–Kier alpha value is -1.49. The summed E-state index contributed by atoms with van der Waals surface area (Å²) in [5.41, 5.74) is 2.87. The molecule has 1 unspecified atom stereocenters. The third-order valence-electron chi connectivity index (χ3n) is 2.79. The fraction of sp³-hybridized carbons (Fsp3) is 0.462. The van der Waals surface area contributed by atoms with Crippen LogP contribution < -0.4 is 4.74 Å². The molecule has 1 aliphatic rings. The van der Waals surface area contributed by atoms with E-state index in [0.29, 0.717) is 6.61 Å². The average Bonchev–Trinajstić information content (AvgIpc) is 2.72. The summed E-state index contributed by atoms with van der Waals surface area (Å²) in [6, 6.07) is 8.44. The largest absolute Gasteiger partial charge is 0.492 e. The highest BCUT2D eigenvalue weighted by Crippen LogP contribution is 2.26. The molecule has 0 N–H and O–H groups in total. The molecule has 0 saturated carbocycles. The zero-order valence-electron chi connectivity index (χ0n) is 8.99. The summed E-state index contributed by atoms with van der Waals surface area (Å²) in [6.45, 7) is 2.35. The van der Waals surface area contributed by atoms with Crippen LogP contribution in [0.4, 0.5) is 0 Å². The summed E-state index contributed by atoms with van der Waals surface area (Å²) in [5.74, 6) is 0.857. The van der Waals surface area contributed by atoms with E-state index in [1.54, 1.807) is 0 Å². The Morgan fingerprint density at radius 2 is 2.20 bits per heavy atom. The van der Waals surface area contributed by atoms with Crippen LogP contribution in [0, 0.1) is 17.2 Å². The van der Waals surface area contributed by atoms with Crippen molar-refractivity contribution in [3.63, 3.8) is 0 Å². The number of hydrogen-bond donors (Lipinski definition) is 0. The van der Waals surface area contributed by atoms with E-state index in [9.17, 15) is 0 Å². The van der Waals surface area contributed by atoms with E-state index in [1.165, 1.54) is 30.4 Å². The van der Waals surface area contributed by atoms with Gasteiger partial charge in [-0.3, -0.25) is 0 Å². The van der Waals surface area contributed by atoms with Crippen LogP contribution in [0.1, 0.15) is 24.5 Å². The molecule has 78 valence electrons. The van der Waals surface area contributed by atoms with Crippen LogP contribution in [0.3, 0.4) is 0 Å². The van der Waals surface area contributed by atoms with Crippen LogP contribution in [0.15, 0.2) is 18.2 Å². The van der Waals surface area contributed by atoms with Gasteiger partial charge in [-0.1, -0.05) is 6.07 Å². The minimum absolute atomic E-state index is 0.0433. The minimum atomic E-state index is -0.0433. The van der Waals surface area contributed by atoms with Crippen molar-refractivity contribution in [3.05, 3.63) is 29.3 Å². The summed E-state index contributed by atoms with van der Waals surface area (Å²) in [6.07, 6.45) is 3.62. The molecule has 0 aromatic heterocycles. The number of rotatable bonds is 3. The molecule has 2 nitrogen and oxygen atoms in total. The first kappa shape index (κ1) is 10.0. The van der Waals surface area contributed by atoms with E-state index in [-0.39, 0.29) is 5.92 Å². The second kappa shape index (κ2) is 4.35. The highest BCUT2D eigenvalue weighted by atomic mass is 16.5. The molecule has 1 aliphatic carbocycles. The van der Waals surface area contributed by atoms with Gasteiger partial charge in [-0.15, -0.1) is 0 Å². The summed E-state index contributed by atoms with van der Waals surface area (Å²) < 4.78 is 5.56. The smallest absolute Gasteiger partial charge is 0.119 e. The van der Waals surface area contributed by atoms with Crippen molar-refractivity contribution in [1.29, 1.82) is 5.26 Å². The van der Waals surface area contributed by atoms with Crippen molar-refractivity contribution >= 4 is 0 Å². The Balaban J connectivity index is 2.01. The molecular formula is C13H15NO. The lowest BCUT2D eigenvalue weighted by Gasteiger charge is -2.08. The summed E-state index contributed by atoms with van der Waals surface area (Å²) in [7, 11) is 0. The Labute approximate surface area is 90.5 Å². The number of fused-ring (bicyclic) bond motifs is 1. The van der Waals surface area contributed by atoms with Gasteiger partial charge in [0.1, 0.15) is 12.4 Å². The Morgan fingerprint density at radius 3 is 3.00 bits per heavy atom. The quantitative estimate of drug-likeness (QED) is 0.753. The van der Waals surface area contributed by atoms with Crippen molar-refractivity contribution in [2.24, 2.45) is 5.92 Å². The highest BCUT2D eigenvalue weighted by molar-refractivity contribution is 5.38. The number of benzene rings is 1. The fourth-order valence-corrected chi connectivity index (χ4v) is 1.90. The Kier molecular flexibility index (Phi) is 2.91. The molecule has 1 aromatic carbocycles. The van der Waals surface area contributed by atoms with Crippen molar-refractivity contribution in [2.75, 3.05) is 6.61 Å². The van der Waals surface area contributed by atoms with Crippen LogP contribution in [0.5, 0.6) is 5.75 Å². The van der Waals surface area contributed by atoms with Gasteiger partial charge in [0.25, 0.3) is 0 Å². The molecule has 0 saturated heterocycles. The van der Waals surface area contributed by atoms with Gasteiger partial charge in [-0.25, -0.2) is 0 Å². The molecule has 0 heterocycles. The van der Waals surface area contributed by atoms with Gasteiger partial charge in [-0.05, 0) is 49.4 Å². The van der Waals surface area contributed by atoms with E-state index in [4.69, 9.17) is 10.00 Å². The third-order valence-corrected chi connectivity index (χ3v) is 2.79. The Bertz CT molecular complexity index is 392. The zero-order chi connectivity index (χ0) is 10.7. The van der Waals surface area contributed by atoms with Gasteiger partial charge < -0.3 is 4.74 Å². The van der Waals surface area contributed by atoms with Gasteiger partial charge in [0.15, 0.2) is 0 Å². The van der Waals surface area contributed by atoms with E-state index < -0.39 is 0 Å². The maximum Gasteiger partial charge on any atom is 0.119 e. The number of hydrogen-bond acceptors (Lipinski definition) is 2. The van der Waals surface area contributed by atoms with E-state index >= 15 is 0 Å². The van der Waals surface area contributed by atoms with Crippen LogP contribution in [0.25, 0.3) is 0 Å². The van der Waals surface area contributed by atoms with Crippen molar-refractivity contribution in [2.45, 2.75) is 26.2 Å². The molecule has 0 amide bonds. The average molecular weight is 201 g/mol. The lowest BCUT2D eigenvalue weighted by Crippen LogP contribution is -2.06. The fourth-order valence-electron chi connectivity index (χ4n) is 1.90. The Morgan fingerprint density at radius 1 is 1.40 bits per heavy atom. The molecular weight excluding hydrogens is 186 g/mol. The number of nitrogens with zero attached hydrogens (tertiary/aromatic N) is 1. The van der Waals surface area contributed by atoms with Crippen molar-refractivity contribution < 1.29 is 4.74 Å². The monoisotopic (exact) mass is 201 g/mol. The lowest BCUT2D eigenvalue weighted by atomic mass is 10.1. The predicted octanol–water partition coefficient (Wildman–Crippen LogP) is 2.71. The van der Waals surface area contributed by atoms with E-state index in [2.05, 4.69) is 18.2 Å². The molecule has 15 heavy (non-hydrogen) atoms. The highest BCUT2D eigenvalue weighted by Gasteiger charge is 2.11. The molecule has 0 aliphatic heterocycles. The topological polar surface area (TPSA) is 33.0 Å². The first-order valence-corrected chi connectivity index (χ1v) is 5.44. The normalized spacial score (nSPS) is 15.5. The summed E-state index contributed by atoms with van der Waals surface area (Å²) >= 11 is 0. The maximum atomic E-state index is 8.64. The van der Waals surface area contributed by atoms with Crippen LogP contribution in [-0.4, -0.2) is 6.61 Å². The summed E-state index contributed by atoms with van der Waals surface area (Å²) in [4.78, 5) is 0. The standard InChI is InChI=1S/C13H15NO/c1-10(8-14)9-15-13-6-5-11-3-2-4-12(11)7-13/h5-7,10H,2-4,9H2,1H3. The van der Waals surface area contributed by atoms with Crippen molar-refractivity contribution in [3.8, 4) is 11.8 Å². The molecule has 0 bridgehead atoms. The van der Waals surface area contributed by atoms with Gasteiger partial charge in [-0.2, -0.15) is 5.26 Å². The third kappa shape index (κ3) is 2.30. The first-order valence-electron chi connectivity index (χ1n) is 5.44. The zero-order valence-corrected chi connectivity index (χ0v) is 8.99.